The number of hydrogen-bond acceptors (Lipinski definition) is 5. The highest BCUT2D eigenvalue weighted by atomic mass is 16.6. The van der Waals surface area contributed by atoms with Crippen LogP contribution in [-0.4, -0.2) is 41.8 Å². The summed E-state index contributed by atoms with van der Waals surface area (Å²) in [5.74, 6) is 0.919. The summed E-state index contributed by atoms with van der Waals surface area (Å²) < 4.78 is 10.7. The SMILES string of the molecule is CC(C)(C)OC(=O)NCC(CN)N(Cc1ccco1)C1CC1. The van der Waals surface area contributed by atoms with E-state index in [1.807, 2.05) is 32.9 Å². The zero-order chi connectivity index (χ0) is 16.2. The molecule has 1 amide bonds. The summed E-state index contributed by atoms with van der Waals surface area (Å²) in [4.78, 5) is 14.1. The molecule has 1 aromatic rings. The van der Waals surface area contributed by atoms with Crippen molar-refractivity contribution >= 4 is 6.09 Å². The number of ether oxygens (including phenoxy) is 1. The van der Waals surface area contributed by atoms with Crippen LogP contribution in [0.1, 0.15) is 39.4 Å². The Morgan fingerprint density at radius 1 is 1.55 bits per heavy atom. The van der Waals surface area contributed by atoms with Crippen LogP contribution in [0.4, 0.5) is 4.79 Å². The summed E-state index contributed by atoms with van der Waals surface area (Å²) in [6.07, 6.45) is 3.61. The molecule has 22 heavy (non-hydrogen) atoms. The van der Waals surface area contributed by atoms with E-state index in [1.165, 1.54) is 12.8 Å². The van der Waals surface area contributed by atoms with Gasteiger partial charge in [-0.3, -0.25) is 4.90 Å². The number of alkyl carbamates (subject to hydrolysis) is 1. The lowest BCUT2D eigenvalue weighted by atomic mass is 10.2. The maximum Gasteiger partial charge on any atom is 0.407 e. The fraction of sp³-hybridized carbons (Fsp3) is 0.688. The minimum atomic E-state index is -0.493. The van der Waals surface area contributed by atoms with E-state index in [9.17, 15) is 4.79 Å². The minimum Gasteiger partial charge on any atom is -0.468 e. The van der Waals surface area contributed by atoms with Crippen molar-refractivity contribution in [3.8, 4) is 0 Å². The second-order valence-corrected chi connectivity index (χ2v) is 6.76. The number of carbonyl (C=O) groups excluding carboxylic acids is 1. The van der Waals surface area contributed by atoms with Gasteiger partial charge in [0.15, 0.2) is 0 Å². The van der Waals surface area contributed by atoms with Gasteiger partial charge in [-0.1, -0.05) is 0 Å². The van der Waals surface area contributed by atoms with Gasteiger partial charge < -0.3 is 20.2 Å². The van der Waals surface area contributed by atoms with Crippen LogP contribution in [0, 0.1) is 0 Å². The van der Waals surface area contributed by atoms with E-state index in [0.29, 0.717) is 19.1 Å². The van der Waals surface area contributed by atoms with Crippen molar-refractivity contribution < 1.29 is 13.9 Å². The maximum absolute atomic E-state index is 11.8. The molecule has 6 nitrogen and oxygen atoms in total. The molecule has 1 unspecified atom stereocenters. The molecule has 1 fully saturated rings. The van der Waals surface area contributed by atoms with Gasteiger partial charge in [0.2, 0.25) is 0 Å². The second kappa shape index (κ2) is 7.15. The molecule has 1 aliphatic carbocycles. The monoisotopic (exact) mass is 309 g/mol. The fourth-order valence-electron chi connectivity index (χ4n) is 2.40. The molecule has 0 saturated heterocycles. The van der Waals surface area contributed by atoms with E-state index < -0.39 is 11.7 Å². The molecule has 1 heterocycles. The molecule has 3 N–H and O–H groups in total. The Bertz CT molecular complexity index is 463. The van der Waals surface area contributed by atoms with E-state index in [-0.39, 0.29) is 6.04 Å². The first-order valence-electron chi connectivity index (χ1n) is 7.84. The third kappa shape index (κ3) is 5.35. The highest BCUT2D eigenvalue weighted by molar-refractivity contribution is 5.67. The van der Waals surface area contributed by atoms with Crippen LogP contribution in [0.15, 0.2) is 22.8 Å². The highest BCUT2D eigenvalue weighted by Gasteiger charge is 2.34. The average molecular weight is 309 g/mol. The first-order chi connectivity index (χ1) is 10.4. The summed E-state index contributed by atoms with van der Waals surface area (Å²) >= 11 is 0. The number of nitrogens with two attached hydrogens (primary N) is 1. The Labute approximate surface area is 132 Å². The zero-order valence-electron chi connectivity index (χ0n) is 13.7. The first-order valence-corrected chi connectivity index (χ1v) is 7.84. The summed E-state index contributed by atoms with van der Waals surface area (Å²) in [7, 11) is 0. The number of hydrogen-bond donors (Lipinski definition) is 2. The molecule has 1 atom stereocenters. The van der Waals surface area contributed by atoms with Gasteiger partial charge >= 0.3 is 6.09 Å². The molecule has 0 bridgehead atoms. The molecule has 1 aliphatic rings. The van der Waals surface area contributed by atoms with Crippen LogP contribution in [-0.2, 0) is 11.3 Å². The second-order valence-electron chi connectivity index (χ2n) is 6.76. The smallest absolute Gasteiger partial charge is 0.407 e. The van der Waals surface area contributed by atoms with Crippen LogP contribution in [0.3, 0.4) is 0 Å². The van der Waals surface area contributed by atoms with Gasteiger partial charge in [0, 0.05) is 25.2 Å². The van der Waals surface area contributed by atoms with Crippen LogP contribution >= 0.6 is 0 Å². The highest BCUT2D eigenvalue weighted by Crippen LogP contribution is 2.30. The molecule has 0 aliphatic heterocycles. The third-order valence-corrected chi connectivity index (χ3v) is 3.56. The molecule has 2 rings (SSSR count). The Hall–Kier alpha value is -1.53. The van der Waals surface area contributed by atoms with E-state index in [1.54, 1.807) is 6.26 Å². The quantitative estimate of drug-likeness (QED) is 0.806. The number of nitrogens with zero attached hydrogens (tertiary/aromatic N) is 1. The number of amides is 1. The molecule has 124 valence electrons. The summed E-state index contributed by atoms with van der Waals surface area (Å²) in [6, 6.07) is 4.45. The average Bonchev–Trinajstić information content (AvgIpc) is 3.13. The van der Waals surface area contributed by atoms with Crippen molar-refractivity contribution in [1.82, 2.24) is 10.2 Å². The first kappa shape index (κ1) is 16.8. The molecule has 6 heteroatoms. The number of nitrogens with one attached hydrogen (secondary N) is 1. The summed E-state index contributed by atoms with van der Waals surface area (Å²) in [5, 5.41) is 2.82. The van der Waals surface area contributed by atoms with Crippen LogP contribution < -0.4 is 11.1 Å². The van der Waals surface area contributed by atoms with Gasteiger partial charge in [-0.25, -0.2) is 4.79 Å². The third-order valence-electron chi connectivity index (χ3n) is 3.56. The standard InChI is InChI=1S/C16H27N3O3/c1-16(2,3)22-15(20)18-10-13(9-17)19(12-6-7-12)11-14-5-4-8-21-14/h4-5,8,12-13H,6-7,9-11,17H2,1-3H3,(H,18,20). The van der Waals surface area contributed by atoms with Crippen LogP contribution in [0.25, 0.3) is 0 Å². The summed E-state index contributed by atoms with van der Waals surface area (Å²) in [5.41, 5.74) is 5.42. The predicted molar refractivity (Wildman–Crippen MR) is 84.4 cm³/mol. The van der Waals surface area contributed by atoms with Crippen molar-refractivity contribution in [2.24, 2.45) is 5.73 Å². The molecule has 0 spiro atoms. The normalized spacial score (nSPS) is 16.6. The van der Waals surface area contributed by atoms with Crippen molar-refractivity contribution in [2.75, 3.05) is 13.1 Å². The van der Waals surface area contributed by atoms with E-state index in [4.69, 9.17) is 14.9 Å². The zero-order valence-corrected chi connectivity index (χ0v) is 13.7. The van der Waals surface area contributed by atoms with Gasteiger partial charge in [-0.05, 0) is 45.7 Å². The number of carbonyl (C=O) groups is 1. The lowest BCUT2D eigenvalue weighted by molar-refractivity contribution is 0.0503. The number of furan rings is 1. The van der Waals surface area contributed by atoms with Crippen LogP contribution in [0.2, 0.25) is 0 Å². The topological polar surface area (TPSA) is 80.7 Å². The van der Waals surface area contributed by atoms with Gasteiger partial charge in [0.25, 0.3) is 0 Å². The number of rotatable bonds is 7. The van der Waals surface area contributed by atoms with Crippen LogP contribution in [0.5, 0.6) is 0 Å². The molecular formula is C16H27N3O3. The van der Waals surface area contributed by atoms with Gasteiger partial charge in [0.1, 0.15) is 11.4 Å². The lowest BCUT2D eigenvalue weighted by Crippen LogP contribution is -2.49. The lowest BCUT2D eigenvalue weighted by Gasteiger charge is -2.30. The molecule has 1 aromatic heterocycles. The fourth-order valence-corrected chi connectivity index (χ4v) is 2.40. The molecule has 1 saturated carbocycles. The van der Waals surface area contributed by atoms with Crippen molar-refractivity contribution in [2.45, 2.75) is 57.8 Å². The Morgan fingerprint density at radius 3 is 2.77 bits per heavy atom. The predicted octanol–water partition coefficient (Wildman–Crippen LogP) is 2.10. The molecular weight excluding hydrogens is 282 g/mol. The van der Waals surface area contributed by atoms with Crippen molar-refractivity contribution in [1.29, 1.82) is 0 Å². The van der Waals surface area contributed by atoms with Gasteiger partial charge in [-0.2, -0.15) is 0 Å². The van der Waals surface area contributed by atoms with Crippen molar-refractivity contribution in [3.05, 3.63) is 24.2 Å². The van der Waals surface area contributed by atoms with Crippen molar-refractivity contribution in [3.63, 3.8) is 0 Å². The van der Waals surface area contributed by atoms with E-state index in [2.05, 4.69) is 10.2 Å². The van der Waals surface area contributed by atoms with Gasteiger partial charge in [0.05, 0.1) is 12.8 Å². The Morgan fingerprint density at radius 2 is 2.27 bits per heavy atom. The minimum absolute atomic E-state index is 0.0742. The van der Waals surface area contributed by atoms with Gasteiger partial charge in [-0.15, -0.1) is 0 Å². The Kier molecular flexibility index (Phi) is 5.47. The largest absolute Gasteiger partial charge is 0.468 e. The molecule has 0 radical (unpaired) electrons. The van der Waals surface area contributed by atoms with E-state index in [0.717, 1.165) is 12.3 Å². The Balaban J connectivity index is 1.89. The van der Waals surface area contributed by atoms with E-state index >= 15 is 0 Å². The summed E-state index contributed by atoms with van der Waals surface area (Å²) in [6.45, 7) is 7.21. The molecule has 0 aromatic carbocycles. The maximum atomic E-state index is 11.8.